The molecule has 6 heteroatoms. The molecule has 0 atom stereocenters. The molecule has 7 heavy (non-hydrogen) atoms. The number of hydrogen-bond donors (Lipinski definition) is 1. The van der Waals surface area contributed by atoms with Crippen molar-refractivity contribution in [3.63, 3.8) is 0 Å². The minimum atomic E-state index is -2.33. The molecule has 0 amide bonds. The molecule has 0 saturated heterocycles. The molecule has 0 heterocycles. The van der Waals surface area contributed by atoms with Gasteiger partial charge in [0.05, 0.1) is 0 Å². The summed E-state index contributed by atoms with van der Waals surface area (Å²) in [6.45, 7) is 0. The van der Waals surface area contributed by atoms with Crippen LogP contribution in [0, 0.1) is 0 Å². The van der Waals surface area contributed by atoms with Crippen LogP contribution < -0.4 is 16.4 Å². The van der Waals surface area contributed by atoms with Crippen molar-refractivity contribution >= 4 is 56.3 Å². The van der Waals surface area contributed by atoms with Crippen molar-refractivity contribution in [1.29, 1.82) is 0 Å². The molecular formula is CH4CaClNO3. The Morgan fingerprint density at radius 3 is 1.29 bits per heavy atom. The van der Waals surface area contributed by atoms with Crippen LogP contribution in [0.15, 0.2) is 0 Å². The third-order valence-electron chi connectivity index (χ3n) is 0. The molecule has 0 aromatic rings. The van der Waals surface area contributed by atoms with Crippen LogP contribution in [0.2, 0.25) is 0 Å². The van der Waals surface area contributed by atoms with Gasteiger partial charge >= 0.3 is 37.7 Å². The van der Waals surface area contributed by atoms with Gasteiger partial charge in [-0.2, -0.15) is 0 Å². The van der Waals surface area contributed by atoms with Gasteiger partial charge in [-0.05, 0) is 6.16 Å². The SMILES string of the molecule is Cl.N.O=C([O-])[O-].[Ca+2]. The van der Waals surface area contributed by atoms with E-state index >= 15 is 0 Å². The van der Waals surface area contributed by atoms with E-state index in [-0.39, 0.29) is 56.3 Å². The standard InChI is InChI=1S/CH2O3.Ca.ClH.H3N/c2-1(3)4;;;/h(H2,2,3,4);;1H;1H3/q;+2;;/p-2. The third-order valence-corrected chi connectivity index (χ3v) is 0. The Hall–Kier alpha value is 0.780. The van der Waals surface area contributed by atoms with Crippen LogP contribution in [0.4, 0.5) is 4.79 Å². The largest absolute Gasteiger partial charge is 2.00 e. The fourth-order valence-corrected chi connectivity index (χ4v) is 0. The fourth-order valence-electron chi connectivity index (χ4n) is 0. The maximum Gasteiger partial charge on any atom is 2.00 e. The van der Waals surface area contributed by atoms with E-state index in [1.807, 2.05) is 0 Å². The summed E-state index contributed by atoms with van der Waals surface area (Å²) in [5.74, 6) is 0. The number of carbonyl (C=O) groups excluding carboxylic acids is 1. The van der Waals surface area contributed by atoms with Gasteiger partial charge in [0.1, 0.15) is 0 Å². The van der Waals surface area contributed by atoms with Crippen LogP contribution in [0.5, 0.6) is 0 Å². The first kappa shape index (κ1) is 25.0. The normalized spacial score (nSPS) is 3.43. The second kappa shape index (κ2) is 15.9. The zero-order chi connectivity index (χ0) is 3.58. The Kier molecular flexibility index (Phi) is 56.7. The van der Waals surface area contributed by atoms with Crippen LogP contribution in [0.25, 0.3) is 0 Å². The van der Waals surface area contributed by atoms with Crippen LogP contribution in [-0.4, -0.2) is 43.9 Å². The number of rotatable bonds is 0. The number of carboxylic acid groups (broad SMARTS) is 2. The molecule has 0 aliphatic heterocycles. The van der Waals surface area contributed by atoms with E-state index in [0.717, 1.165) is 0 Å². The summed E-state index contributed by atoms with van der Waals surface area (Å²) in [5, 5.41) is 16.7. The zero-order valence-corrected chi connectivity index (χ0v) is 6.57. The van der Waals surface area contributed by atoms with E-state index in [1.165, 1.54) is 0 Å². The molecule has 0 fully saturated rings. The monoisotopic (exact) mass is 153 g/mol. The second-order valence-corrected chi connectivity index (χ2v) is 0.250. The van der Waals surface area contributed by atoms with Gasteiger partial charge in [0.15, 0.2) is 0 Å². The quantitative estimate of drug-likeness (QED) is 0.398. The smallest absolute Gasteiger partial charge is 0.652 e. The van der Waals surface area contributed by atoms with Crippen LogP contribution in [0.3, 0.4) is 0 Å². The van der Waals surface area contributed by atoms with Gasteiger partial charge in [0.25, 0.3) is 0 Å². The maximum absolute atomic E-state index is 8.33. The summed E-state index contributed by atoms with van der Waals surface area (Å²) < 4.78 is 0. The molecule has 0 rings (SSSR count). The van der Waals surface area contributed by atoms with Crippen molar-refractivity contribution < 1.29 is 15.0 Å². The van der Waals surface area contributed by atoms with Crippen molar-refractivity contribution in [3.05, 3.63) is 0 Å². The summed E-state index contributed by atoms with van der Waals surface area (Å²) in [5.41, 5.74) is 0. The number of carbonyl (C=O) groups is 1. The van der Waals surface area contributed by atoms with Crippen LogP contribution in [-0.2, 0) is 0 Å². The molecule has 0 unspecified atom stereocenters. The summed E-state index contributed by atoms with van der Waals surface area (Å²) in [6.07, 6.45) is -2.33. The predicted molar refractivity (Wildman–Crippen MR) is 23.4 cm³/mol. The van der Waals surface area contributed by atoms with Crippen LogP contribution >= 0.6 is 12.4 Å². The molecule has 4 nitrogen and oxygen atoms in total. The van der Waals surface area contributed by atoms with Gasteiger partial charge in [-0.25, -0.2) is 0 Å². The number of halogens is 1. The van der Waals surface area contributed by atoms with Gasteiger partial charge in [-0.1, -0.05) is 0 Å². The maximum atomic E-state index is 8.33. The fraction of sp³-hybridized carbons (Fsp3) is 0. The van der Waals surface area contributed by atoms with E-state index in [1.54, 1.807) is 0 Å². The first-order chi connectivity index (χ1) is 1.73. The summed E-state index contributed by atoms with van der Waals surface area (Å²) in [4.78, 5) is 8.33. The van der Waals surface area contributed by atoms with Crippen molar-refractivity contribution in [2.45, 2.75) is 0 Å². The van der Waals surface area contributed by atoms with E-state index in [4.69, 9.17) is 15.0 Å². The topological polar surface area (TPSA) is 98.2 Å². The minimum absolute atomic E-state index is 0. The summed E-state index contributed by atoms with van der Waals surface area (Å²) >= 11 is 0. The van der Waals surface area contributed by atoms with Crippen molar-refractivity contribution in [2.75, 3.05) is 0 Å². The van der Waals surface area contributed by atoms with Gasteiger partial charge in [-0.3, -0.25) is 0 Å². The summed E-state index contributed by atoms with van der Waals surface area (Å²) in [6, 6.07) is 0. The van der Waals surface area contributed by atoms with Gasteiger partial charge in [-0.15, -0.1) is 12.4 Å². The molecule has 0 saturated carbocycles. The van der Waals surface area contributed by atoms with Crippen molar-refractivity contribution in [1.82, 2.24) is 6.15 Å². The molecular weight excluding hydrogens is 150 g/mol. The average Bonchev–Trinajstić information content (AvgIpc) is 0.811. The third kappa shape index (κ3) is 255. The molecule has 0 aliphatic carbocycles. The molecule has 0 aromatic carbocycles. The average molecular weight is 154 g/mol. The first-order valence-corrected chi connectivity index (χ1v) is 0.612. The second-order valence-electron chi connectivity index (χ2n) is 0.250. The van der Waals surface area contributed by atoms with E-state index < -0.39 is 6.16 Å². The molecule has 3 N–H and O–H groups in total. The van der Waals surface area contributed by atoms with Gasteiger partial charge in [0.2, 0.25) is 0 Å². The van der Waals surface area contributed by atoms with E-state index in [9.17, 15) is 0 Å². The molecule has 0 bridgehead atoms. The van der Waals surface area contributed by atoms with Crippen molar-refractivity contribution in [2.24, 2.45) is 0 Å². The van der Waals surface area contributed by atoms with Crippen molar-refractivity contribution in [3.8, 4) is 0 Å². The predicted octanol–water partition coefficient (Wildman–Crippen LogP) is -2.24. The first-order valence-electron chi connectivity index (χ1n) is 0.612. The Bertz CT molecular complexity index is 37.9. The molecule has 0 aliphatic rings. The Morgan fingerprint density at radius 2 is 1.29 bits per heavy atom. The van der Waals surface area contributed by atoms with Gasteiger partial charge < -0.3 is 21.2 Å². The molecule has 0 radical (unpaired) electrons. The zero-order valence-electron chi connectivity index (χ0n) is 3.55. The van der Waals surface area contributed by atoms with Gasteiger partial charge in [0, 0.05) is 0 Å². The molecule has 0 aromatic heterocycles. The number of hydrogen-bond acceptors (Lipinski definition) is 4. The summed E-state index contributed by atoms with van der Waals surface area (Å²) in [7, 11) is 0. The molecule has 0 spiro atoms. The van der Waals surface area contributed by atoms with E-state index in [2.05, 4.69) is 0 Å². The Morgan fingerprint density at radius 1 is 1.29 bits per heavy atom. The Balaban J connectivity index is -0.0000000150. The minimum Gasteiger partial charge on any atom is -0.652 e. The van der Waals surface area contributed by atoms with E-state index in [0.29, 0.717) is 0 Å². The Labute approximate surface area is 76.9 Å². The van der Waals surface area contributed by atoms with Crippen LogP contribution in [0.1, 0.15) is 0 Å². The molecule has 40 valence electrons.